The van der Waals surface area contributed by atoms with E-state index in [2.05, 4.69) is 28.2 Å². The van der Waals surface area contributed by atoms with Gasteiger partial charge in [0.25, 0.3) is 0 Å². The van der Waals surface area contributed by atoms with E-state index in [4.69, 9.17) is 16.3 Å². The minimum atomic E-state index is -0.853. The lowest BCUT2D eigenvalue weighted by Crippen LogP contribution is -2.59. The molecule has 0 aromatic heterocycles. The summed E-state index contributed by atoms with van der Waals surface area (Å²) in [5, 5.41) is 22.2. The van der Waals surface area contributed by atoms with Crippen LogP contribution in [0.3, 0.4) is 0 Å². The molecule has 10 heteroatoms. The number of nitrogens with one attached hydrogen (secondary N) is 4. The van der Waals surface area contributed by atoms with Crippen molar-refractivity contribution in [3.63, 3.8) is 0 Å². The Morgan fingerprint density at radius 2 is 1.74 bits per heavy atom. The van der Waals surface area contributed by atoms with Crippen LogP contribution < -0.4 is 26.0 Å². The van der Waals surface area contributed by atoms with Crippen LogP contribution in [0.4, 0.5) is 0 Å². The fourth-order valence-electron chi connectivity index (χ4n) is 5.01. The highest BCUT2D eigenvalue weighted by Gasteiger charge is 2.31. The van der Waals surface area contributed by atoms with E-state index in [0.717, 1.165) is 16.9 Å². The number of rotatable bonds is 5. The van der Waals surface area contributed by atoms with E-state index in [0.29, 0.717) is 32.4 Å². The van der Waals surface area contributed by atoms with Crippen molar-refractivity contribution < 1.29 is 24.2 Å². The first-order chi connectivity index (χ1) is 20.0. The number of amides is 3. The van der Waals surface area contributed by atoms with Crippen LogP contribution in [-0.2, 0) is 27.2 Å². The highest BCUT2D eigenvalue weighted by atomic mass is 35.5. The summed E-state index contributed by atoms with van der Waals surface area (Å²) in [7, 11) is 0. The van der Waals surface area contributed by atoms with Crippen molar-refractivity contribution in [2.24, 2.45) is 11.8 Å². The highest BCUT2D eigenvalue weighted by Crippen LogP contribution is 2.25. The zero-order valence-corrected chi connectivity index (χ0v) is 26.0. The van der Waals surface area contributed by atoms with Crippen molar-refractivity contribution in [2.75, 3.05) is 13.2 Å². The number of ether oxygens (including phenoxy) is 1. The summed E-state index contributed by atoms with van der Waals surface area (Å²) >= 11 is 6.15. The Labute approximate surface area is 254 Å². The second-order valence-corrected chi connectivity index (χ2v) is 12.1. The Morgan fingerprint density at radius 1 is 1.00 bits per heavy atom. The zero-order chi connectivity index (χ0) is 30.8. The molecule has 230 valence electrons. The van der Waals surface area contributed by atoms with Crippen molar-refractivity contribution in [2.45, 2.75) is 84.5 Å². The van der Waals surface area contributed by atoms with E-state index in [-0.39, 0.29) is 46.9 Å². The minimum absolute atomic E-state index is 0.0421. The monoisotopic (exact) mass is 600 g/mol. The van der Waals surface area contributed by atoms with Crippen molar-refractivity contribution >= 4 is 29.3 Å². The van der Waals surface area contributed by atoms with Gasteiger partial charge in [0.15, 0.2) is 0 Å². The fraction of sp³-hybridized carbons (Fsp3) is 0.531. The van der Waals surface area contributed by atoms with Gasteiger partial charge in [0.05, 0.1) is 11.1 Å². The van der Waals surface area contributed by atoms with Gasteiger partial charge in [-0.1, -0.05) is 70.0 Å². The molecule has 0 aliphatic carbocycles. The molecule has 2 aromatic carbocycles. The molecular formula is C32H45ClN4O5. The Bertz CT molecular complexity index is 1220. The molecule has 0 saturated heterocycles. The van der Waals surface area contributed by atoms with E-state index in [1.54, 1.807) is 12.1 Å². The Kier molecular flexibility index (Phi) is 12.5. The van der Waals surface area contributed by atoms with E-state index in [1.165, 1.54) is 6.07 Å². The second-order valence-electron chi connectivity index (χ2n) is 11.7. The summed E-state index contributed by atoms with van der Waals surface area (Å²) in [6.45, 7) is 10.4. The average molecular weight is 601 g/mol. The van der Waals surface area contributed by atoms with E-state index < -0.39 is 24.0 Å². The van der Waals surface area contributed by atoms with Crippen LogP contribution in [0.1, 0.15) is 58.6 Å². The fourth-order valence-corrected chi connectivity index (χ4v) is 5.22. The van der Waals surface area contributed by atoms with Gasteiger partial charge in [-0.25, -0.2) is 0 Å². The average Bonchev–Trinajstić information content (AvgIpc) is 2.94. The van der Waals surface area contributed by atoms with Crippen LogP contribution in [0.25, 0.3) is 0 Å². The standard InChI is InChI=1S/C32H45ClN4O5/c1-6-9-25-30(39)34-17-20(4)14-23-10-7-8-11-28(23)42-18-21(5)35-26(16-22-12-13-27(38)24(33)15-22)31(40)37-29(19(2)3)32(41)36-25/h7-8,10-13,15,19-21,25-26,29,35,38H,6,9,14,16-18H2,1-5H3,(H,34,39)(H,36,41)(H,37,40)/t20-,21-,25-,26+,29+/m0/s1. The molecule has 3 rings (SSSR count). The predicted octanol–water partition coefficient (Wildman–Crippen LogP) is 3.75. The van der Waals surface area contributed by atoms with Gasteiger partial charge in [-0.15, -0.1) is 0 Å². The van der Waals surface area contributed by atoms with Crippen LogP contribution in [0, 0.1) is 11.8 Å². The van der Waals surface area contributed by atoms with Gasteiger partial charge in [-0.3, -0.25) is 19.7 Å². The maximum Gasteiger partial charge on any atom is 0.243 e. The first kappa shape index (κ1) is 33.2. The van der Waals surface area contributed by atoms with Gasteiger partial charge in [-0.05, 0) is 67.3 Å². The number of carbonyl (C=O) groups is 3. The maximum atomic E-state index is 13.7. The summed E-state index contributed by atoms with van der Waals surface area (Å²) in [5.74, 6) is -0.396. The number of benzene rings is 2. The molecule has 0 fully saturated rings. The number of hydrogen-bond acceptors (Lipinski definition) is 6. The number of halogens is 1. The summed E-state index contributed by atoms with van der Waals surface area (Å²) in [6.07, 6.45) is 2.14. The molecule has 5 atom stereocenters. The normalized spacial score (nSPS) is 24.8. The quantitative estimate of drug-likeness (QED) is 0.356. The van der Waals surface area contributed by atoms with Crippen LogP contribution in [0.15, 0.2) is 42.5 Å². The van der Waals surface area contributed by atoms with Crippen molar-refractivity contribution in [3.8, 4) is 11.5 Å². The molecule has 1 heterocycles. The van der Waals surface area contributed by atoms with E-state index in [9.17, 15) is 19.5 Å². The molecular weight excluding hydrogens is 556 g/mol. The third-order valence-electron chi connectivity index (χ3n) is 7.37. The Balaban J connectivity index is 1.94. The summed E-state index contributed by atoms with van der Waals surface area (Å²) in [6, 6.07) is 10.1. The van der Waals surface area contributed by atoms with Gasteiger partial charge >= 0.3 is 0 Å². The molecule has 3 amide bonds. The lowest BCUT2D eigenvalue weighted by atomic mass is 9.99. The van der Waals surface area contributed by atoms with E-state index >= 15 is 0 Å². The van der Waals surface area contributed by atoms with Crippen LogP contribution in [0.2, 0.25) is 5.02 Å². The zero-order valence-electron chi connectivity index (χ0n) is 25.2. The number of hydrogen-bond donors (Lipinski definition) is 5. The molecule has 42 heavy (non-hydrogen) atoms. The second kappa shape index (κ2) is 15.8. The molecule has 9 nitrogen and oxygen atoms in total. The predicted molar refractivity (Wildman–Crippen MR) is 165 cm³/mol. The topological polar surface area (TPSA) is 129 Å². The first-order valence-corrected chi connectivity index (χ1v) is 15.2. The minimum Gasteiger partial charge on any atom is -0.506 e. The van der Waals surface area contributed by atoms with Crippen LogP contribution in [0.5, 0.6) is 11.5 Å². The number of para-hydroxylation sites is 1. The molecule has 0 unspecified atom stereocenters. The molecule has 0 spiro atoms. The Hall–Kier alpha value is -3.30. The van der Waals surface area contributed by atoms with Gasteiger partial charge < -0.3 is 25.8 Å². The number of phenolic OH excluding ortho intramolecular Hbond substituents is 1. The number of phenols is 1. The molecule has 1 aliphatic rings. The molecule has 1 aliphatic heterocycles. The Morgan fingerprint density at radius 3 is 2.43 bits per heavy atom. The maximum absolute atomic E-state index is 13.7. The third-order valence-corrected chi connectivity index (χ3v) is 7.67. The number of carbonyl (C=O) groups excluding carboxylic acids is 3. The molecule has 0 bridgehead atoms. The lowest BCUT2D eigenvalue weighted by molar-refractivity contribution is -0.133. The largest absolute Gasteiger partial charge is 0.506 e. The first-order valence-electron chi connectivity index (χ1n) is 14.8. The van der Waals surface area contributed by atoms with Gasteiger partial charge in [-0.2, -0.15) is 0 Å². The summed E-state index contributed by atoms with van der Waals surface area (Å²) in [4.78, 5) is 40.3. The molecule has 2 aromatic rings. The van der Waals surface area contributed by atoms with Gasteiger partial charge in [0.2, 0.25) is 17.7 Å². The summed E-state index contributed by atoms with van der Waals surface area (Å²) < 4.78 is 6.21. The summed E-state index contributed by atoms with van der Waals surface area (Å²) in [5.41, 5.74) is 1.77. The highest BCUT2D eigenvalue weighted by molar-refractivity contribution is 6.32. The molecule has 5 N–H and O–H groups in total. The molecule has 0 radical (unpaired) electrons. The van der Waals surface area contributed by atoms with Crippen molar-refractivity contribution in [1.82, 2.24) is 21.3 Å². The van der Waals surface area contributed by atoms with Crippen molar-refractivity contribution in [3.05, 3.63) is 58.6 Å². The van der Waals surface area contributed by atoms with Gasteiger partial charge in [0, 0.05) is 12.6 Å². The SMILES string of the molecule is CCC[C@@H]1NC(=O)[C@@H](C(C)C)NC(=O)[C@@H](Cc2ccc(O)c(Cl)c2)N[C@@H](C)COc2ccccc2C[C@H](C)CNC1=O. The number of aromatic hydroxyl groups is 1. The van der Waals surface area contributed by atoms with Gasteiger partial charge in [0.1, 0.15) is 30.2 Å². The number of fused-ring (bicyclic) bond motifs is 1. The third kappa shape index (κ3) is 9.63. The van der Waals surface area contributed by atoms with Crippen LogP contribution in [-0.4, -0.2) is 60.1 Å². The lowest BCUT2D eigenvalue weighted by Gasteiger charge is -2.29. The van der Waals surface area contributed by atoms with Crippen LogP contribution >= 0.6 is 11.6 Å². The van der Waals surface area contributed by atoms with E-state index in [1.807, 2.05) is 52.0 Å². The van der Waals surface area contributed by atoms with Crippen molar-refractivity contribution in [1.29, 1.82) is 0 Å². The molecule has 0 saturated carbocycles. The smallest absolute Gasteiger partial charge is 0.243 e.